The van der Waals surface area contributed by atoms with Crippen LogP contribution < -0.4 is 20.1 Å². The Morgan fingerprint density at radius 2 is 2.00 bits per heavy atom. The van der Waals surface area contributed by atoms with Crippen LogP contribution in [0.2, 0.25) is 0 Å². The Morgan fingerprint density at radius 1 is 1.16 bits per heavy atom. The Bertz CT molecular complexity index is 881. The minimum Gasteiger partial charge on any atom is -0.454 e. The molecule has 8 nitrogen and oxygen atoms in total. The lowest BCUT2D eigenvalue weighted by atomic mass is 9.99. The van der Waals surface area contributed by atoms with Gasteiger partial charge < -0.3 is 20.1 Å². The summed E-state index contributed by atoms with van der Waals surface area (Å²) >= 11 is 0. The number of hydrogen-bond donors (Lipinski definition) is 2. The molecule has 2 aromatic carbocycles. The molecule has 0 aliphatic carbocycles. The maximum Gasteiger partial charge on any atom is 0.319 e. The van der Waals surface area contributed by atoms with Crippen LogP contribution in [-0.2, 0) is 0 Å². The number of anilines is 1. The van der Waals surface area contributed by atoms with Gasteiger partial charge in [0.1, 0.15) is 6.04 Å². The van der Waals surface area contributed by atoms with Crippen LogP contribution in [0.15, 0.2) is 52.7 Å². The number of ether oxygens (including phenoxy) is 2. The number of nitrogens with zero attached hydrogens (tertiary/aromatic N) is 2. The molecule has 126 valence electrons. The smallest absolute Gasteiger partial charge is 0.319 e. The predicted molar refractivity (Wildman–Crippen MR) is 88.0 cm³/mol. The molecule has 8 heteroatoms. The van der Waals surface area contributed by atoms with Gasteiger partial charge in [-0.2, -0.15) is 5.11 Å². The number of hydrogen-bond acceptors (Lipinski definition) is 5. The minimum atomic E-state index is -0.392. The molecule has 0 aromatic heterocycles. The lowest BCUT2D eigenvalue weighted by Crippen LogP contribution is -2.32. The summed E-state index contributed by atoms with van der Waals surface area (Å²) in [4.78, 5) is 23.8. The van der Waals surface area contributed by atoms with Gasteiger partial charge in [0.25, 0.3) is 5.91 Å². The number of urea groups is 1. The molecule has 3 amide bonds. The molecular weight excluding hydrogens is 324 g/mol. The molecule has 2 aromatic rings. The van der Waals surface area contributed by atoms with E-state index in [9.17, 15) is 9.59 Å². The Labute approximate surface area is 142 Å². The van der Waals surface area contributed by atoms with Crippen molar-refractivity contribution in [1.82, 2.24) is 5.32 Å². The van der Waals surface area contributed by atoms with E-state index in [4.69, 9.17) is 9.47 Å². The van der Waals surface area contributed by atoms with Gasteiger partial charge >= 0.3 is 6.03 Å². The number of carbonyl (C=O) groups is 2. The average molecular weight is 338 g/mol. The van der Waals surface area contributed by atoms with Gasteiger partial charge in [-0.15, -0.1) is 5.11 Å². The van der Waals surface area contributed by atoms with E-state index in [2.05, 4.69) is 20.9 Å². The van der Waals surface area contributed by atoms with Gasteiger partial charge in [-0.25, -0.2) is 4.79 Å². The van der Waals surface area contributed by atoms with Crippen molar-refractivity contribution in [2.24, 2.45) is 10.2 Å². The Morgan fingerprint density at radius 3 is 2.92 bits per heavy atom. The summed E-state index contributed by atoms with van der Waals surface area (Å²) in [6, 6.07) is 11.5. The molecule has 2 aliphatic heterocycles. The van der Waals surface area contributed by atoms with Crippen LogP contribution in [0.5, 0.6) is 11.5 Å². The quantitative estimate of drug-likeness (QED) is 0.898. The summed E-state index contributed by atoms with van der Waals surface area (Å²) in [5.74, 6) is 0.873. The SMILES string of the molecule is O=C(NCC1N=NC(=O)c2ccccc21)Nc1ccc2c(c1)OCO2. The Hall–Kier alpha value is -3.42. The third-order valence-electron chi connectivity index (χ3n) is 3.92. The zero-order valence-corrected chi connectivity index (χ0v) is 13.1. The van der Waals surface area contributed by atoms with Crippen LogP contribution in [0.25, 0.3) is 0 Å². The van der Waals surface area contributed by atoms with Crippen molar-refractivity contribution in [2.45, 2.75) is 6.04 Å². The number of fused-ring (bicyclic) bond motifs is 2. The van der Waals surface area contributed by atoms with Crippen molar-refractivity contribution in [2.75, 3.05) is 18.7 Å². The number of rotatable bonds is 3. The number of amides is 3. The molecule has 25 heavy (non-hydrogen) atoms. The summed E-state index contributed by atoms with van der Waals surface area (Å²) in [6.07, 6.45) is 0. The molecule has 0 saturated heterocycles. The summed E-state index contributed by atoms with van der Waals surface area (Å²) in [6.45, 7) is 0.403. The number of carbonyl (C=O) groups excluding carboxylic acids is 2. The van der Waals surface area contributed by atoms with E-state index in [-0.39, 0.29) is 25.3 Å². The molecule has 0 fully saturated rings. The highest BCUT2D eigenvalue weighted by Crippen LogP contribution is 2.34. The standard InChI is InChI=1S/C17H14N4O4/c22-16-12-4-2-1-3-11(12)13(20-21-16)8-18-17(23)19-10-5-6-14-15(7-10)25-9-24-14/h1-7,13H,8-9H2,(H2,18,19,23). The van der Waals surface area contributed by atoms with E-state index in [0.717, 1.165) is 5.56 Å². The van der Waals surface area contributed by atoms with Crippen LogP contribution >= 0.6 is 0 Å². The maximum absolute atomic E-state index is 12.1. The highest BCUT2D eigenvalue weighted by Gasteiger charge is 2.23. The van der Waals surface area contributed by atoms with Crippen LogP contribution in [-0.4, -0.2) is 25.3 Å². The number of azo groups is 1. The van der Waals surface area contributed by atoms with Gasteiger partial charge in [0.05, 0.1) is 0 Å². The Balaban J connectivity index is 1.39. The molecule has 0 spiro atoms. The fourth-order valence-electron chi connectivity index (χ4n) is 2.71. The van der Waals surface area contributed by atoms with E-state index >= 15 is 0 Å². The topological polar surface area (TPSA) is 101 Å². The molecular formula is C17H14N4O4. The van der Waals surface area contributed by atoms with Crippen molar-refractivity contribution in [1.29, 1.82) is 0 Å². The average Bonchev–Trinajstić information content (AvgIpc) is 3.09. The Kier molecular flexibility index (Phi) is 3.77. The van der Waals surface area contributed by atoms with Crippen molar-refractivity contribution in [3.8, 4) is 11.5 Å². The first-order valence-corrected chi connectivity index (χ1v) is 7.69. The molecule has 1 atom stereocenters. The van der Waals surface area contributed by atoms with Gasteiger partial charge in [-0.1, -0.05) is 18.2 Å². The van der Waals surface area contributed by atoms with Gasteiger partial charge in [0.15, 0.2) is 11.5 Å². The lowest BCUT2D eigenvalue weighted by molar-refractivity contribution is 0.0985. The first-order chi connectivity index (χ1) is 12.2. The lowest BCUT2D eigenvalue weighted by Gasteiger charge is -2.18. The van der Waals surface area contributed by atoms with Gasteiger partial charge in [-0.3, -0.25) is 4.79 Å². The molecule has 0 radical (unpaired) electrons. The monoisotopic (exact) mass is 338 g/mol. The van der Waals surface area contributed by atoms with Gasteiger partial charge in [-0.05, 0) is 23.8 Å². The summed E-state index contributed by atoms with van der Waals surface area (Å²) in [5.41, 5.74) is 1.86. The van der Waals surface area contributed by atoms with E-state index in [1.165, 1.54) is 0 Å². The second-order valence-corrected chi connectivity index (χ2v) is 5.53. The molecule has 0 saturated carbocycles. The molecule has 2 heterocycles. The minimum absolute atomic E-state index is 0.176. The van der Waals surface area contributed by atoms with Crippen molar-refractivity contribution in [3.63, 3.8) is 0 Å². The maximum atomic E-state index is 12.1. The van der Waals surface area contributed by atoms with E-state index in [0.29, 0.717) is 22.7 Å². The normalized spacial score (nSPS) is 17.1. The van der Waals surface area contributed by atoms with E-state index in [1.807, 2.05) is 12.1 Å². The summed E-state index contributed by atoms with van der Waals surface area (Å²) in [7, 11) is 0. The summed E-state index contributed by atoms with van der Waals surface area (Å²) in [5, 5.41) is 13.1. The fraction of sp³-hybridized carbons (Fsp3) is 0.176. The van der Waals surface area contributed by atoms with E-state index in [1.54, 1.807) is 30.3 Å². The fourth-order valence-corrected chi connectivity index (χ4v) is 2.71. The number of benzene rings is 2. The van der Waals surface area contributed by atoms with Crippen LogP contribution in [0, 0.1) is 0 Å². The second kappa shape index (κ2) is 6.23. The predicted octanol–water partition coefficient (Wildman–Crippen LogP) is 2.88. The zero-order valence-electron chi connectivity index (χ0n) is 13.1. The summed E-state index contributed by atoms with van der Waals surface area (Å²) < 4.78 is 10.5. The molecule has 1 unspecified atom stereocenters. The zero-order chi connectivity index (χ0) is 17.2. The van der Waals surface area contributed by atoms with Gasteiger partial charge in [0, 0.05) is 23.9 Å². The van der Waals surface area contributed by atoms with Crippen LogP contribution in [0.1, 0.15) is 22.0 Å². The van der Waals surface area contributed by atoms with Crippen molar-refractivity contribution < 1.29 is 19.1 Å². The first-order valence-electron chi connectivity index (χ1n) is 7.69. The third kappa shape index (κ3) is 3.01. The van der Waals surface area contributed by atoms with Crippen molar-refractivity contribution >= 4 is 17.6 Å². The molecule has 2 aliphatic rings. The molecule has 0 bridgehead atoms. The number of nitrogens with one attached hydrogen (secondary N) is 2. The first kappa shape index (κ1) is 15.1. The van der Waals surface area contributed by atoms with Crippen molar-refractivity contribution in [3.05, 3.63) is 53.6 Å². The highest BCUT2D eigenvalue weighted by molar-refractivity contribution is 5.97. The highest BCUT2D eigenvalue weighted by atomic mass is 16.7. The van der Waals surface area contributed by atoms with Gasteiger partial charge in [0.2, 0.25) is 6.79 Å². The molecule has 2 N–H and O–H groups in total. The third-order valence-corrected chi connectivity index (χ3v) is 3.92. The largest absolute Gasteiger partial charge is 0.454 e. The second-order valence-electron chi connectivity index (χ2n) is 5.53. The van der Waals surface area contributed by atoms with Crippen LogP contribution in [0.3, 0.4) is 0 Å². The molecule has 4 rings (SSSR count). The van der Waals surface area contributed by atoms with Crippen LogP contribution in [0.4, 0.5) is 10.5 Å². The van der Waals surface area contributed by atoms with E-state index < -0.39 is 6.04 Å².